The number of nitrogens with zero attached hydrogens (tertiary/aromatic N) is 5. The van der Waals surface area contributed by atoms with E-state index in [1.54, 1.807) is 6.33 Å². The van der Waals surface area contributed by atoms with Gasteiger partial charge in [0.2, 0.25) is 0 Å². The maximum Gasteiger partial charge on any atom is 0.115 e. The van der Waals surface area contributed by atoms with E-state index < -0.39 is 0 Å². The first-order valence-electron chi connectivity index (χ1n) is 10.6. The number of aliphatic imine (C=N–C) groups is 1. The third-order valence-corrected chi connectivity index (χ3v) is 5.88. The minimum Gasteiger partial charge on any atom is -0.373 e. The lowest BCUT2D eigenvalue weighted by molar-refractivity contribution is 0.745. The van der Waals surface area contributed by atoms with Crippen LogP contribution in [0.2, 0.25) is 0 Å². The van der Waals surface area contributed by atoms with Crippen molar-refractivity contribution < 1.29 is 0 Å². The molecule has 0 saturated heterocycles. The first kappa shape index (κ1) is 19.2. The minimum absolute atomic E-state index is 0.695. The van der Waals surface area contributed by atoms with Crippen molar-refractivity contribution in [3.8, 4) is 0 Å². The molecule has 0 bridgehead atoms. The molecule has 0 atom stereocenters. The Balaban J connectivity index is 1.60. The van der Waals surface area contributed by atoms with Gasteiger partial charge < -0.3 is 9.47 Å². The van der Waals surface area contributed by atoms with Crippen LogP contribution in [0.3, 0.4) is 0 Å². The van der Waals surface area contributed by atoms with Crippen LogP contribution in [0.4, 0.5) is 11.4 Å². The zero-order chi connectivity index (χ0) is 21.2. The van der Waals surface area contributed by atoms with Crippen molar-refractivity contribution in [3.63, 3.8) is 0 Å². The van der Waals surface area contributed by atoms with Gasteiger partial charge >= 0.3 is 0 Å². The lowest BCUT2D eigenvalue weighted by Crippen LogP contribution is -2.24. The molecule has 4 aromatic rings. The van der Waals surface area contributed by atoms with Crippen LogP contribution in [0.25, 0.3) is 17.0 Å². The predicted molar refractivity (Wildman–Crippen MR) is 128 cm³/mol. The zero-order valence-electron chi connectivity index (χ0n) is 17.7. The number of fused-ring (bicyclic) bond motifs is 2. The summed E-state index contributed by atoms with van der Waals surface area (Å²) in [5.41, 5.74) is 7.97. The molecule has 0 fully saturated rings. The summed E-state index contributed by atoms with van der Waals surface area (Å²) in [4.78, 5) is 15.6. The highest BCUT2D eigenvalue weighted by Gasteiger charge is 2.18. The molecule has 154 valence electrons. The van der Waals surface area contributed by atoms with Crippen LogP contribution in [-0.2, 0) is 13.0 Å². The summed E-state index contributed by atoms with van der Waals surface area (Å²) in [6, 6.07) is 15.0. The average Bonchev–Trinajstić information content (AvgIpc) is 3.15. The lowest BCUT2D eigenvalue weighted by Gasteiger charge is -2.29. The van der Waals surface area contributed by atoms with Crippen molar-refractivity contribution in [1.82, 2.24) is 14.5 Å². The SMILES string of the molecule is C=Cc1cc2c(c(N=Cc3cc4ccccc4n3Cc3cncnc3)c1)N(C)CCC2. The van der Waals surface area contributed by atoms with Crippen molar-refractivity contribution in [3.05, 3.63) is 90.1 Å². The normalized spacial score (nSPS) is 13.6. The van der Waals surface area contributed by atoms with Gasteiger partial charge in [-0.2, -0.15) is 0 Å². The molecular formula is C26H25N5. The molecule has 3 heterocycles. The van der Waals surface area contributed by atoms with Gasteiger partial charge in [0.05, 0.1) is 29.8 Å². The van der Waals surface area contributed by atoms with Gasteiger partial charge in [-0.25, -0.2) is 9.97 Å². The number of hydrogen-bond donors (Lipinski definition) is 0. The molecule has 0 unspecified atom stereocenters. The van der Waals surface area contributed by atoms with Gasteiger partial charge in [-0.05, 0) is 48.2 Å². The molecule has 5 heteroatoms. The third-order valence-electron chi connectivity index (χ3n) is 5.88. The molecule has 0 amide bonds. The molecule has 5 nitrogen and oxygen atoms in total. The Bertz CT molecular complexity index is 1270. The van der Waals surface area contributed by atoms with E-state index in [1.807, 2.05) is 24.7 Å². The van der Waals surface area contributed by atoms with Crippen LogP contribution in [0, 0.1) is 0 Å². The summed E-state index contributed by atoms with van der Waals surface area (Å²) in [6.07, 6.45) is 11.4. The van der Waals surface area contributed by atoms with Crippen molar-refractivity contribution in [1.29, 1.82) is 0 Å². The van der Waals surface area contributed by atoms with Gasteiger partial charge in [-0.3, -0.25) is 4.99 Å². The molecule has 0 spiro atoms. The van der Waals surface area contributed by atoms with Gasteiger partial charge in [-0.15, -0.1) is 0 Å². The van der Waals surface area contributed by atoms with Crippen LogP contribution in [-0.4, -0.2) is 34.3 Å². The summed E-state index contributed by atoms with van der Waals surface area (Å²) in [5.74, 6) is 0. The first-order chi connectivity index (χ1) is 15.2. The molecule has 0 radical (unpaired) electrons. The van der Waals surface area contributed by atoms with E-state index in [0.717, 1.165) is 35.5 Å². The van der Waals surface area contributed by atoms with E-state index >= 15 is 0 Å². The van der Waals surface area contributed by atoms with Crippen LogP contribution >= 0.6 is 0 Å². The Morgan fingerprint density at radius 2 is 1.97 bits per heavy atom. The quantitative estimate of drug-likeness (QED) is 0.424. The van der Waals surface area contributed by atoms with Gasteiger partial charge in [-0.1, -0.05) is 30.9 Å². The van der Waals surface area contributed by atoms with Gasteiger partial charge in [0.25, 0.3) is 0 Å². The molecule has 2 aromatic heterocycles. The number of para-hydroxylation sites is 1. The summed E-state index contributed by atoms with van der Waals surface area (Å²) >= 11 is 0. The second kappa shape index (κ2) is 8.19. The molecule has 0 N–H and O–H groups in total. The van der Waals surface area contributed by atoms with Crippen molar-refractivity contribution in [2.45, 2.75) is 19.4 Å². The maximum atomic E-state index is 4.98. The number of aromatic nitrogens is 3. The maximum absolute atomic E-state index is 4.98. The number of benzene rings is 2. The smallest absolute Gasteiger partial charge is 0.115 e. The molecule has 5 rings (SSSR count). The van der Waals surface area contributed by atoms with Gasteiger partial charge in [0.15, 0.2) is 0 Å². The Morgan fingerprint density at radius 1 is 1.13 bits per heavy atom. The second-order valence-corrected chi connectivity index (χ2v) is 8.00. The summed E-state index contributed by atoms with van der Waals surface area (Å²) < 4.78 is 2.27. The number of aryl methyl sites for hydroxylation is 1. The first-order valence-corrected chi connectivity index (χ1v) is 10.6. The largest absolute Gasteiger partial charge is 0.373 e. The predicted octanol–water partition coefficient (Wildman–Crippen LogP) is 5.26. The molecule has 1 aliphatic heterocycles. The van der Waals surface area contributed by atoms with Crippen molar-refractivity contribution in [2.75, 3.05) is 18.5 Å². The van der Waals surface area contributed by atoms with Crippen LogP contribution in [0.5, 0.6) is 0 Å². The Morgan fingerprint density at radius 3 is 2.81 bits per heavy atom. The number of rotatable bonds is 5. The minimum atomic E-state index is 0.695. The van der Waals surface area contributed by atoms with E-state index in [4.69, 9.17) is 4.99 Å². The fourth-order valence-electron chi connectivity index (χ4n) is 4.41. The van der Waals surface area contributed by atoms with E-state index in [0.29, 0.717) is 6.54 Å². The highest BCUT2D eigenvalue weighted by Crippen LogP contribution is 2.37. The highest BCUT2D eigenvalue weighted by atomic mass is 15.1. The molecule has 0 aliphatic carbocycles. The number of hydrogen-bond acceptors (Lipinski definition) is 4. The Hall–Kier alpha value is -3.73. The summed E-state index contributed by atoms with van der Waals surface area (Å²) in [6.45, 7) is 5.71. The third kappa shape index (κ3) is 3.75. The van der Waals surface area contributed by atoms with Crippen LogP contribution < -0.4 is 4.90 Å². The molecular weight excluding hydrogens is 382 g/mol. The number of anilines is 1. The molecule has 0 saturated carbocycles. The fraction of sp³-hybridized carbons (Fsp3) is 0.192. The van der Waals surface area contributed by atoms with Crippen molar-refractivity contribution >= 4 is 34.6 Å². The summed E-state index contributed by atoms with van der Waals surface area (Å²) in [5, 5.41) is 1.19. The van der Waals surface area contributed by atoms with Gasteiger partial charge in [0, 0.05) is 42.5 Å². The monoisotopic (exact) mass is 407 g/mol. The van der Waals surface area contributed by atoms with E-state index in [1.165, 1.54) is 28.6 Å². The standard InChI is InChI=1S/C26H25N5/c1-3-19-11-22-8-6-10-30(2)26(22)24(12-19)29-16-23-13-21-7-4-5-9-25(21)31(23)17-20-14-27-18-28-15-20/h3-5,7,9,11-16,18H,1,6,8,10,17H2,2H3. The average molecular weight is 408 g/mol. The van der Waals surface area contributed by atoms with E-state index in [2.05, 4.69) is 75.5 Å². The summed E-state index contributed by atoms with van der Waals surface area (Å²) in [7, 11) is 2.15. The van der Waals surface area contributed by atoms with Crippen LogP contribution in [0.1, 0.15) is 28.8 Å². The fourth-order valence-corrected chi connectivity index (χ4v) is 4.41. The Kier molecular flexibility index (Phi) is 5.08. The second-order valence-electron chi connectivity index (χ2n) is 8.00. The van der Waals surface area contributed by atoms with Crippen LogP contribution in [0.15, 0.2) is 72.8 Å². The topological polar surface area (TPSA) is 46.3 Å². The molecule has 1 aliphatic rings. The van der Waals surface area contributed by atoms with E-state index in [9.17, 15) is 0 Å². The molecule has 2 aromatic carbocycles. The lowest BCUT2D eigenvalue weighted by atomic mass is 9.98. The molecule has 31 heavy (non-hydrogen) atoms. The van der Waals surface area contributed by atoms with E-state index in [-0.39, 0.29) is 0 Å². The van der Waals surface area contributed by atoms with Gasteiger partial charge in [0.1, 0.15) is 6.33 Å². The zero-order valence-corrected chi connectivity index (χ0v) is 17.7. The van der Waals surface area contributed by atoms with Crippen molar-refractivity contribution in [2.24, 2.45) is 4.99 Å². The Labute approximate surface area is 182 Å². The highest BCUT2D eigenvalue weighted by molar-refractivity contribution is 5.92.